The van der Waals surface area contributed by atoms with Gasteiger partial charge in [0.2, 0.25) is 0 Å². The molecule has 1 heterocycles. The van der Waals surface area contributed by atoms with E-state index < -0.39 is 12.2 Å². The first kappa shape index (κ1) is 31.2. The summed E-state index contributed by atoms with van der Waals surface area (Å²) in [7, 11) is 0. The van der Waals surface area contributed by atoms with Crippen LogP contribution < -0.4 is 20.9 Å². The Hall–Kier alpha value is -4.19. The number of anilines is 2. The van der Waals surface area contributed by atoms with E-state index in [4.69, 9.17) is 21.1 Å². The zero-order valence-electron chi connectivity index (χ0n) is 24.8. The minimum Gasteiger partial charge on any atom is -0.390 e. The molecule has 0 spiro atoms. The van der Waals surface area contributed by atoms with Crippen LogP contribution in [0.5, 0.6) is 0 Å². The van der Waals surface area contributed by atoms with Crippen molar-refractivity contribution in [3.05, 3.63) is 108 Å². The van der Waals surface area contributed by atoms with Crippen LogP contribution >= 0.6 is 11.9 Å². The summed E-state index contributed by atoms with van der Waals surface area (Å²) in [6.07, 6.45) is 2.33. The van der Waals surface area contributed by atoms with Gasteiger partial charge in [-0.15, -0.1) is 0 Å². The molecule has 10 heteroatoms. The Bertz CT molecular complexity index is 1710. The number of para-hydroxylation sites is 2. The maximum atomic E-state index is 10.4. The number of rotatable bonds is 14. The van der Waals surface area contributed by atoms with Crippen molar-refractivity contribution in [2.24, 2.45) is 21.1 Å². The molecular formula is C34H39N7O2S. The molecule has 228 valence electrons. The van der Waals surface area contributed by atoms with Gasteiger partial charge in [-0.2, -0.15) is 10.2 Å². The number of fused-ring (bicyclic) bond motifs is 3. The summed E-state index contributed by atoms with van der Waals surface area (Å²) in [5.74, 6) is 0.420. The molecule has 0 aliphatic heterocycles. The molecule has 9 nitrogen and oxygen atoms in total. The second-order valence-corrected chi connectivity index (χ2v) is 11.2. The van der Waals surface area contributed by atoms with Gasteiger partial charge in [0.25, 0.3) is 0 Å². The molecule has 0 bridgehead atoms. The molecule has 0 saturated carbocycles. The van der Waals surface area contributed by atoms with Crippen LogP contribution in [0.4, 0.5) is 11.4 Å². The van der Waals surface area contributed by atoms with Gasteiger partial charge in [0, 0.05) is 40.6 Å². The topological polar surface area (TPSA) is 129 Å². The Balaban J connectivity index is 1.48. The number of benzene rings is 4. The zero-order valence-corrected chi connectivity index (χ0v) is 25.6. The number of aliphatic hydroxyl groups excluding tert-OH is 2. The van der Waals surface area contributed by atoms with Crippen molar-refractivity contribution in [3.63, 3.8) is 0 Å². The molecule has 4 aromatic carbocycles. The predicted molar refractivity (Wildman–Crippen MR) is 186 cm³/mol. The standard InChI is InChI=1S/C34H39N7O2S/c1-2-39-33-15-13-25(20-37-40(22-29(42)19-35)27-9-5-3-6-10-27)17-31(33)32-18-26(14-16-34(32)39)21-38-41(23-30(43)24-44-36)28-11-7-4-8-12-28/h3-18,20-21,29-30,42-43H,2,19,22-24,35-36H2,1H3/b37-20+,38-21+. The van der Waals surface area contributed by atoms with Crippen molar-refractivity contribution in [2.45, 2.75) is 25.7 Å². The van der Waals surface area contributed by atoms with Crippen molar-refractivity contribution in [1.29, 1.82) is 0 Å². The van der Waals surface area contributed by atoms with Crippen LogP contribution in [0.2, 0.25) is 0 Å². The lowest BCUT2D eigenvalue weighted by molar-refractivity contribution is 0.188. The minimum atomic E-state index is -0.696. The number of nitrogens with zero attached hydrogens (tertiary/aromatic N) is 5. The smallest absolute Gasteiger partial charge is 0.0858 e. The fourth-order valence-electron chi connectivity index (χ4n) is 5.19. The van der Waals surface area contributed by atoms with Gasteiger partial charge in [0.15, 0.2) is 0 Å². The molecule has 1 aromatic heterocycles. The van der Waals surface area contributed by atoms with E-state index in [0.717, 1.165) is 62.8 Å². The summed E-state index contributed by atoms with van der Waals surface area (Å²) < 4.78 is 2.30. The first-order valence-corrected chi connectivity index (χ1v) is 15.7. The molecule has 0 saturated heterocycles. The Morgan fingerprint density at radius 2 is 1.23 bits per heavy atom. The van der Waals surface area contributed by atoms with E-state index in [1.54, 1.807) is 10.0 Å². The first-order valence-electron chi connectivity index (χ1n) is 14.7. The number of aromatic nitrogens is 1. The zero-order chi connectivity index (χ0) is 30.9. The summed E-state index contributed by atoms with van der Waals surface area (Å²) >= 11 is 1.12. The van der Waals surface area contributed by atoms with E-state index in [0.29, 0.717) is 18.8 Å². The summed E-state index contributed by atoms with van der Waals surface area (Å²) in [6, 6.07) is 32.2. The number of hydrogen-bond acceptors (Lipinski definition) is 9. The van der Waals surface area contributed by atoms with Gasteiger partial charge in [0.05, 0.1) is 49.1 Å². The predicted octanol–water partition coefficient (Wildman–Crippen LogP) is 4.78. The maximum Gasteiger partial charge on any atom is 0.0858 e. The Labute approximate surface area is 262 Å². The monoisotopic (exact) mass is 609 g/mol. The van der Waals surface area contributed by atoms with Crippen molar-refractivity contribution in [3.8, 4) is 0 Å². The molecule has 0 fully saturated rings. The molecule has 0 amide bonds. The van der Waals surface area contributed by atoms with Crippen LogP contribution in [0, 0.1) is 0 Å². The molecule has 0 aliphatic carbocycles. The highest BCUT2D eigenvalue weighted by Gasteiger charge is 2.14. The van der Waals surface area contributed by atoms with Crippen molar-refractivity contribution >= 4 is 57.6 Å². The van der Waals surface area contributed by atoms with Gasteiger partial charge in [-0.1, -0.05) is 60.5 Å². The molecule has 0 aliphatic rings. The lowest BCUT2D eigenvalue weighted by Gasteiger charge is -2.22. The average molecular weight is 610 g/mol. The molecule has 0 radical (unpaired) electrons. The van der Waals surface area contributed by atoms with Crippen LogP contribution in [-0.2, 0) is 6.54 Å². The van der Waals surface area contributed by atoms with Crippen molar-refractivity contribution < 1.29 is 10.2 Å². The van der Waals surface area contributed by atoms with Gasteiger partial charge < -0.3 is 20.5 Å². The quantitative estimate of drug-likeness (QED) is 0.0810. The molecule has 6 N–H and O–H groups in total. The van der Waals surface area contributed by atoms with Crippen LogP contribution in [0.15, 0.2) is 107 Å². The number of aliphatic hydroxyl groups is 2. The van der Waals surface area contributed by atoms with E-state index in [-0.39, 0.29) is 6.54 Å². The van der Waals surface area contributed by atoms with E-state index >= 15 is 0 Å². The second kappa shape index (κ2) is 15.0. The van der Waals surface area contributed by atoms with Gasteiger partial charge in [-0.3, -0.25) is 15.2 Å². The summed E-state index contributed by atoms with van der Waals surface area (Å²) in [6.45, 7) is 3.75. The lowest BCUT2D eigenvalue weighted by atomic mass is 10.1. The maximum absolute atomic E-state index is 10.4. The van der Waals surface area contributed by atoms with E-state index in [2.05, 4.69) is 47.9 Å². The molecule has 44 heavy (non-hydrogen) atoms. The van der Waals surface area contributed by atoms with Gasteiger partial charge >= 0.3 is 0 Å². The van der Waals surface area contributed by atoms with Crippen molar-refractivity contribution in [2.75, 3.05) is 35.4 Å². The largest absolute Gasteiger partial charge is 0.390 e. The van der Waals surface area contributed by atoms with Crippen LogP contribution in [0.25, 0.3) is 21.8 Å². The van der Waals surface area contributed by atoms with Crippen LogP contribution in [0.1, 0.15) is 18.1 Å². The number of nitrogens with two attached hydrogens (primary N) is 2. The van der Waals surface area contributed by atoms with E-state index in [1.807, 2.05) is 73.1 Å². The third-order valence-corrected chi connectivity index (χ3v) is 7.94. The van der Waals surface area contributed by atoms with Crippen LogP contribution in [-0.4, -0.2) is 64.8 Å². The highest BCUT2D eigenvalue weighted by molar-refractivity contribution is 7.97. The average Bonchev–Trinajstić information content (AvgIpc) is 3.37. The van der Waals surface area contributed by atoms with Crippen LogP contribution in [0.3, 0.4) is 0 Å². The molecule has 2 unspecified atom stereocenters. The third-order valence-electron chi connectivity index (χ3n) is 7.36. The normalized spacial score (nSPS) is 13.3. The first-order chi connectivity index (χ1) is 21.5. The summed E-state index contributed by atoms with van der Waals surface area (Å²) in [5, 5.41) is 41.6. The highest BCUT2D eigenvalue weighted by atomic mass is 32.2. The number of hydrazone groups is 2. The number of hydrogen-bond donors (Lipinski definition) is 4. The summed E-state index contributed by atoms with van der Waals surface area (Å²) in [5.41, 5.74) is 11.6. The highest BCUT2D eigenvalue weighted by Crippen LogP contribution is 2.30. The Kier molecular flexibility index (Phi) is 10.7. The number of aryl methyl sites for hydroxylation is 1. The molecule has 2 atom stereocenters. The van der Waals surface area contributed by atoms with Gasteiger partial charge in [-0.05, 0) is 66.6 Å². The summed E-state index contributed by atoms with van der Waals surface area (Å²) in [4.78, 5) is 0. The molecular weight excluding hydrogens is 570 g/mol. The SMILES string of the molecule is CCn1c2ccc(/C=N/N(CC(O)CN)c3ccccc3)cc2c2cc(/C=N/N(CC(O)CSN)c3ccccc3)ccc21. The second-order valence-electron chi connectivity index (χ2n) is 10.5. The third kappa shape index (κ3) is 7.47. The van der Waals surface area contributed by atoms with Gasteiger partial charge in [-0.25, -0.2) is 0 Å². The fourth-order valence-corrected chi connectivity index (χ4v) is 5.52. The molecule has 5 rings (SSSR count). The fraction of sp³-hybridized carbons (Fsp3) is 0.235. The van der Waals surface area contributed by atoms with Crippen molar-refractivity contribution in [1.82, 2.24) is 4.57 Å². The lowest BCUT2D eigenvalue weighted by Crippen LogP contribution is -2.33. The Morgan fingerprint density at radius 3 is 1.66 bits per heavy atom. The van der Waals surface area contributed by atoms with E-state index in [1.165, 1.54) is 0 Å². The van der Waals surface area contributed by atoms with E-state index in [9.17, 15) is 10.2 Å². The molecule has 5 aromatic rings. The minimum absolute atomic E-state index is 0.156. The Morgan fingerprint density at radius 1 is 0.750 bits per heavy atom. The van der Waals surface area contributed by atoms with Gasteiger partial charge in [0.1, 0.15) is 0 Å².